The van der Waals surface area contributed by atoms with Gasteiger partial charge >= 0.3 is 6.03 Å². The molecule has 0 saturated carbocycles. The lowest BCUT2D eigenvalue weighted by atomic mass is 10.1. The highest BCUT2D eigenvalue weighted by atomic mass is 32.1. The van der Waals surface area contributed by atoms with E-state index in [1.54, 1.807) is 16.8 Å². The van der Waals surface area contributed by atoms with Crippen LogP contribution in [0.15, 0.2) is 10.9 Å². The van der Waals surface area contributed by atoms with Gasteiger partial charge in [-0.2, -0.15) is 0 Å². The summed E-state index contributed by atoms with van der Waals surface area (Å²) in [5.74, 6) is 0. The summed E-state index contributed by atoms with van der Waals surface area (Å²) >= 11 is 1.57. The zero-order valence-electron chi connectivity index (χ0n) is 9.65. The Morgan fingerprint density at radius 1 is 1.53 bits per heavy atom. The number of ether oxygens (including phenoxy) is 1. The van der Waals surface area contributed by atoms with Crippen LogP contribution in [0.3, 0.4) is 0 Å². The average molecular weight is 255 g/mol. The van der Waals surface area contributed by atoms with Crippen LogP contribution in [0.5, 0.6) is 0 Å². The molecule has 1 saturated heterocycles. The van der Waals surface area contributed by atoms with E-state index in [1.807, 2.05) is 5.38 Å². The number of amides is 2. The lowest BCUT2D eigenvalue weighted by Crippen LogP contribution is -2.44. The van der Waals surface area contributed by atoms with Crippen molar-refractivity contribution in [3.05, 3.63) is 16.6 Å². The Labute approximate surface area is 105 Å². The summed E-state index contributed by atoms with van der Waals surface area (Å²) in [5.41, 5.74) is 2.83. The van der Waals surface area contributed by atoms with Crippen molar-refractivity contribution in [3.63, 3.8) is 0 Å². The fraction of sp³-hybridized carbons (Fsp3) is 0.636. The van der Waals surface area contributed by atoms with Crippen molar-refractivity contribution in [2.24, 2.45) is 0 Å². The van der Waals surface area contributed by atoms with Crippen LogP contribution < -0.4 is 10.6 Å². The molecule has 1 aliphatic rings. The van der Waals surface area contributed by atoms with Gasteiger partial charge in [-0.25, -0.2) is 9.78 Å². The van der Waals surface area contributed by atoms with Gasteiger partial charge in [-0.1, -0.05) is 0 Å². The Hall–Kier alpha value is -1.14. The van der Waals surface area contributed by atoms with Crippen LogP contribution in [0.1, 0.15) is 18.5 Å². The summed E-state index contributed by atoms with van der Waals surface area (Å²) in [6.07, 6.45) is 2.59. The molecule has 0 aromatic carbocycles. The zero-order chi connectivity index (χ0) is 11.9. The van der Waals surface area contributed by atoms with Crippen molar-refractivity contribution >= 4 is 17.4 Å². The van der Waals surface area contributed by atoms with E-state index in [1.165, 1.54) is 0 Å². The van der Waals surface area contributed by atoms with E-state index < -0.39 is 0 Å². The van der Waals surface area contributed by atoms with Crippen LogP contribution in [0, 0.1) is 0 Å². The van der Waals surface area contributed by atoms with E-state index in [0.717, 1.165) is 38.2 Å². The highest BCUT2D eigenvalue weighted by Crippen LogP contribution is 2.05. The number of carbonyl (C=O) groups excluding carboxylic acids is 1. The van der Waals surface area contributed by atoms with Gasteiger partial charge in [0.1, 0.15) is 0 Å². The minimum atomic E-state index is -0.0906. The van der Waals surface area contributed by atoms with E-state index in [0.29, 0.717) is 6.54 Å². The van der Waals surface area contributed by atoms with Gasteiger partial charge in [-0.15, -0.1) is 11.3 Å². The minimum absolute atomic E-state index is 0.0906. The van der Waals surface area contributed by atoms with Crippen molar-refractivity contribution in [1.29, 1.82) is 0 Å². The summed E-state index contributed by atoms with van der Waals surface area (Å²) in [6.45, 7) is 2.10. The third-order valence-electron chi connectivity index (χ3n) is 2.71. The standard InChI is InChI=1S/C11H17N3O2S/c15-11(14-9-2-5-16-6-3-9)12-4-1-10-7-17-8-13-10/h7-9H,1-6H2,(H2,12,14,15). The van der Waals surface area contributed by atoms with Crippen LogP contribution in [-0.2, 0) is 11.2 Å². The van der Waals surface area contributed by atoms with Gasteiger partial charge < -0.3 is 15.4 Å². The van der Waals surface area contributed by atoms with Gasteiger partial charge in [0.25, 0.3) is 0 Å². The summed E-state index contributed by atoms with van der Waals surface area (Å²) in [4.78, 5) is 15.7. The highest BCUT2D eigenvalue weighted by Gasteiger charge is 2.15. The van der Waals surface area contributed by atoms with Crippen LogP contribution in [0.2, 0.25) is 0 Å². The maximum atomic E-state index is 11.6. The molecule has 0 unspecified atom stereocenters. The number of rotatable bonds is 4. The molecule has 1 fully saturated rings. The molecular formula is C11H17N3O2S. The van der Waals surface area contributed by atoms with Crippen LogP contribution in [0.4, 0.5) is 4.79 Å². The molecule has 0 bridgehead atoms. The molecule has 6 heteroatoms. The monoisotopic (exact) mass is 255 g/mol. The number of hydrogen-bond acceptors (Lipinski definition) is 4. The van der Waals surface area contributed by atoms with Crippen molar-refractivity contribution in [2.75, 3.05) is 19.8 Å². The largest absolute Gasteiger partial charge is 0.381 e. The zero-order valence-corrected chi connectivity index (χ0v) is 10.5. The molecule has 2 amide bonds. The molecule has 0 radical (unpaired) electrons. The number of aromatic nitrogens is 1. The van der Waals surface area contributed by atoms with Crippen molar-refractivity contribution in [2.45, 2.75) is 25.3 Å². The summed E-state index contributed by atoms with van der Waals surface area (Å²) in [7, 11) is 0. The molecule has 2 N–H and O–H groups in total. The Kier molecular flexibility index (Phi) is 4.75. The first-order valence-corrected chi connectivity index (χ1v) is 6.78. The van der Waals surface area contributed by atoms with Crippen molar-refractivity contribution < 1.29 is 9.53 Å². The first kappa shape index (κ1) is 12.3. The fourth-order valence-electron chi connectivity index (χ4n) is 1.74. The van der Waals surface area contributed by atoms with E-state index in [4.69, 9.17) is 4.74 Å². The summed E-state index contributed by atoms with van der Waals surface area (Å²) in [6, 6.07) is 0.162. The molecule has 1 aromatic rings. The van der Waals surface area contributed by atoms with E-state index in [9.17, 15) is 4.79 Å². The molecule has 17 heavy (non-hydrogen) atoms. The van der Waals surface area contributed by atoms with Gasteiger partial charge in [0.2, 0.25) is 0 Å². The van der Waals surface area contributed by atoms with Gasteiger partial charge in [-0.3, -0.25) is 0 Å². The van der Waals surface area contributed by atoms with Crippen molar-refractivity contribution in [1.82, 2.24) is 15.6 Å². The number of hydrogen-bond donors (Lipinski definition) is 2. The molecule has 2 rings (SSSR count). The second-order valence-electron chi connectivity index (χ2n) is 4.02. The second kappa shape index (κ2) is 6.56. The number of nitrogens with one attached hydrogen (secondary N) is 2. The lowest BCUT2D eigenvalue weighted by molar-refractivity contribution is 0.0801. The smallest absolute Gasteiger partial charge is 0.315 e. The normalized spacial score (nSPS) is 16.7. The molecule has 1 aliphatic heterocycles. The Morgan fingerprint density at radius 3 is 3.06 bits per heavy atom. The van der Waals surface area contributed by atoms with Gasteiger partial charge in [0.05, 0.1) is 11.2 Å². The third-order valence-corrected chi connectivity index (χ3v) is 3.34. The Morgan fingerprint density at radius 2 is 2.35 bits per heavy atom. The van der Waals surface area contributed by atoms with Gasteiger partial charge in [-0.05, 0) is 12.8 Å². The maximum Gasteiger partial charge on any atom is 0.315 e. The van der Waals surface area contributed by atoms with E-state index in [2.05, 4.69) is 15.6 Å². The highest BCUT2D eigenvalue weighted by molar-refractivity contribution is 7.07. The molecule has 5 nitrogen and oxygen atoms in total. The maximum absolute atomic E-state index is 11.6. The van der Waals surface area contributed by atoms with Crippen LogP contribution in [0.25, 0.3) is 0 Å². The van der Waals surface area contributed by atoms with Gasteiger partial charge in [0, 0.05) is 37.6 Å². The Bertz CT molecular complexity index is 336. The van der Waals surface area contributed by atoms with Crippen LogP contribution >= 0.6 is 11.3 Å². The molecule has 2 heterocycles. The number of urea groups is 1. The number of carbonyl (C=O) groups is 1. The van der Waals surface area contributed by atoms with Gasteiger partial charge in [0.15, 0.2) is 0 Å². The van der Waals surface area contributed by atoms with E-state index in [-0.39, 0.29) is 12.1 Å². The SMILES string of the molecule is O=C(NCCc1cscn1)NC1CCOCC1. The molecule has 0 aliphatic carbocycles. The lowest BCUT2D eigenvalue weighted by Gasteiger charge is -2.23. The predicted octanol–water partition coefficient (Wildman–Crippen LogP) is 1.16. The number of nitrogens with zero attached hydrogens (tertiary/aromatic N) is 1. The first-order valence-electron chi connectivity index (χ1n) is 5.84. The average Bonchev–Trinajstić information content (AvgIpc) is 2.83. The second-order valence-corrected chi connectivity index (χ2v) is 4.74. The van der Waals surface area contributed by atoms with E-state index >= 15 is 0 Å². The molecule has 0 atom stereocenters. The molecule has 1 aromatic heterocycles. The minimum Gasteiger partial charge on any atom is -0.381 e. The van der Waals surface area contributed by atoms with Crippen molar-refractivity contribution in [3.8, 4) is 0 Å². The summed E-state index contributed by atoms with van der Waals surface area (Å²) in [5, 5.41) is 7.79. The van der Waals surface area contributed by atoms with Crippen LogP contribution in [-0.4, -0.2) is 36.8 Å². The third kappa shape index (κ3) is 4.32. The quantitative estimate of drug-likeness (QED) is 0.848. The fourth-order valence-corrected chi connectivity index (χ4v) is 2.34. The first-order chi connectivity index (χ1) is 8.34. The topological polar surface area (TPSA) is 63.2 Å². The molecular weight excluding hydrogens is 238 g/mol. The Balaban J connectivity index is 1.60. The molecule has 0 spiro atoms. The predicted molar refractivity (Wildman–Crippen MR) is 66.2 cm³/mol. The molecule has 94 valence electrons. The summed E-state index contributed by atoms with van der Waals surface area (Å²) < 4.78 is 5.23. The number of thiazole rings is 1.